The Labute approximate surface area is 204 Å². The highest BCUT2D eigenvalue weighted by molar-refractivity contribution is 6.22. The van der Waals surface area contributed by atoms with Crippen molar-refractivity contribution in [3.63, 3.8) is 0 Å². The van der Waals surface area contributed by atoms with Crippen molar-refractivity contribution in [3.05, 3.63) is 70.8 Å². The molecule has 8 nitrogen and oxygen atoms in total. The topological polar surface area (TPSA) is 96.0 Å². The van der Waals surface area contributed by atoms with E-state index in [0.717, 1.165) is 25.7 Å². The molecule has 2 aromatic carbocycles. The van der Waals surface area contributed by atoms with Gasteiger partial charge in [-0.25, -0.2) is 5.48 Å². The normalized spacial score (nSPS) is 14.5. The van der Waals surface area contributed by atoms with Gasteiger partial charge in [0.05, 0.1) is 28.9 Å². The number of amides is 4. The minimum absolute atomic E-state index is 0. The Balaban J connectivity index is 0.00000324. The van der Waals surface area contributed by atoms with Crippen LogP contribution in [0, 0.1) is 0 Å². The standard InChI is InChI=1S/C25H27N3O5.ClH/c29-22-18-10-3-4-11-19(18)23(30)27(22)15-8-2-1-7-14-26-33-17-9-16-28-24(31)20-12-5-6-13-21(20)25(28)32;/h3-6,10-13,26H,1-2,7-9,14-17H2;1H. The Morgan fingerprint density at radius 2 is 1.00 bits per heavy atom. The van der Waals surface area contributed by atoms with Gasteiger partial charge in [-0.2, -0.15) is 0 Å². The van der Waals surface area contributed by atoms with E-state index in [1.807, 2.05) is 0 Å². The van der Waals surface area contributed by atoms with Crippen molar-refractivity contribution in [1.82, 2.24) is 15.3 Å². The Morgan fingerprint density at radius 3 is 1.47 bits per heavy atom. The number of carbonyl (C=O) groups is 4. The van der Waals surface area contributed by atoms with Crippen molar-refractivity contribution < 1.29 is 24.0 Å². The summed E-state index contributed by atoms with van der Waals surface area (Å²) in [5, 5.41) is 0. The number of hydroxylamine groups is 1. The predicted octanol–water partition coefficient (Wildman–Crippen LogP) is 3.47. The fourth-order valence-electron chi connectivity index (χ4n) is 4.14. The number of nitrogens with one attached hydrogen (secondary N) is 1. The van der Waals surface area contributed by atoms with Gasteiger partial charge in [-0.3, -0.25) is 29.0 Å². The second-order valence-corrected chi connectivity index (χ2v) is 8.13. The lowest BCUT2D eigenvalue weighted by atomic mass is 10.1. The van der Waals surface area contributed by atoms with Crippen LogP contribution in [-0.2, 0) is 4.84 Å². The van der Waals surface area contributed by atoms with E-state index >= 15 is 0 Å². The number of benzene rings is 2. The molecular weight excluding hydrogens is 458 g/mol. The van der Waals surface area contributed by atoms with Crippen LogP contribution in [-0.4, -0.2) is 59.7 Å². The molecule has 2 aliphatic heterocycles. The van der Waals surface area contributed by atoms with Crippen LogP contribution in [0.2, 0.25) is 0 Å². The Morgan fingerprint density at radius 1 is 0.588 bits per heavy atom. The van der Waals surface area contributed by atoms with Crippen LogP contribution in [0.3, 0.4) is 0 Å². The van der Waals surface area contributed by atoms with Crippen LogP contribution in [0.4, 0.5) is 0 Å². The van der Waals surface area contributed by atoms with Crippen LogP contribution >= 0.6 is 12.4 Å². The van der Waals surface area contributed by atoms with Crippen molar-refractivity contribution in [3.8, 4) is 0 Å². The van der Waals surface area contributed by atoms with Gasteiger partial charge in [-0.1, -0.05) is 37.1 Å². The summed E-state index contributed by atoms with van der Waals surface area (Å²) in [6.45, 7) is 1.84. The quantitative estimate of drug-likeness (QED) is 0.281. The molecule has 0 aromatic heterocycles. The van der Waals surface area contributed by atoms with Crippen molar-refractivity contribution in [2.75, 3.05) is 26.2 Å². The molecule has 0 atom stereocenters. The van der Waals surface area contributed by atoms with Gasteiger partial charge in [0.1, 0.15) is 0 Å². The number of carbonyl (C=O) groups excluding carboxylic acids is 4. The first-order valence-corrected chi connectivity index (χ1v) is 11.3. The molecule has 0 saturated heterocycles. The summed E-state index contributed by atoms with van der Waals surface area (Å²) >= 11 is 0. The maximum atomic E-state index is 12.3. The van der Waals surface area contributed by atoms with Crippen LogP contribution in [0.1, 0.15) is 73.5 Å². The molecule has 2 aromatic rings. The van der Waals surface area contributed by atoms with E-state index in [1.54, 1.807) is 48.5 Å². The Hall–Kier alpha value is -3.07. The third kappa shape index (κ3) is 5.35. The zero-order valence-corrected chi connectivity index (χ0v) is 19.6. The molecule has 4 amide bonds. The first-order chi connectivity index (χ1) is 16.1. The molecule has 0 bridgehead atoms. The molecule has 180 valence electrons. The van der Waals surface area contributed by atoms with Gasteiger partial charge in [-0.15, -0.1) is 12.4 Å². The van der Waals surface area contributed by atoms with Gasteiger partial charge >= 0.3 is 0 Å². The molecule has 0 aliphatic carbocycles. The molecular formula is C25H28ClN3O5. The van der Waals surface area contributed by atoms with Gasteiger partial charge in [-0.05, 0) is 43.5 Å². The van der Waals surface area contributed by atoms with Crippen LogP contribution in [0.25, 0.3) is 0 Å². The number of hydrogen-bond donors (Lipinski definition) is 1. The van der Waals surface area contributed by atoms with E-state index in [0.29, 0.717) is 54.9 Å². The fraction of sp³-hybridized carbons (Fsp3) is 0.360. The van der Waals surface area contributed by atoms with Gasteiger partial charge in [0.2, 0.25) is 0 Å². The highest BCUT2D eigenvalue weighted by atomic mass is 35.5. The molecule has 4 rings (SSSR count). The molecule has 0 unspecified atom stereocenters. The molecule has 9 heteroatoms. The number of hydrogen-bond acceptors (Lipinski definition) is 6. The lowest BCUT2D eigenvalue weighted by Crippen LogP contribution is -2.31. The van der Waals surface area contributed by atoms with Crippen molar-refractivity contribution in [2.45, 2.75) is 32.1 Å². The third-order valence-corrected chi connectivity index (χ3v) is 5.90. The van der Waals surface area contributed by atoms with E-state index in [-0.39, 0.29) is 36.0 Å². The fourth-order valence-corrected chi connectivity index (χ4v) is 4.14. The second-order valence-electron chi connectivity index (χ2n) is 8.13. The first-order valence-electron chi connectivity index (χ1n) is 11.3. The summed E-state index contributed by atoms with van der Waals surface area (Å²) in [5.74, 6) is -0.895. The lowest BCUT2D eigenvalue weighted by molar-refractivity contribution is 0.0332. The number of unbranched alkanes of at least 4 members (excludes halogenated alkanes) is 3. The summed E-state index contributed by atoms with van der Waals surface area (Å²) in [4.78, 5) is 57.2. The van der Waals surface area contributed by atoms with E-state index < -0.39 is 0 Å². The zero-order chi connectivity index (χ0) is 23.2. The van der Waals surface area contributed by atoms with Gasteiger partial charge in [0, 0.05) is 19.6 Å². The molecule has 34 heavy (non-hydrogen) atoms. The number of imide groups is 2. The number of fused-ring (bicyclic) bond motifs is 2. The van der Waals surface area contributed by atoms with E-state index in [2.05, 4.69) is 5.48 Å². The summed E-state index contributed by atoms with van der Waals surface area (Å²) in [5.41, 5.74) is 4.81. The predicted molar refractivity (Wildman–Crippen MR) is 128 cm³/mol. The average molecular weight is 486 g/mol. The number of halogens is 1. The molecule has 0 fully saturated rings. The lowest BCUT2D eigenvalue weighted by Gasteiger charge is -2.14. The van der Waals surface area contributed by atoms with Gasteiger partial charge in [0.25, 0.3) is 23.6 Å². The smallest absolute Gasteiger partial charge is 0.261 e. The summed E-state index contributed by atoms with van der Waals surface area (Å²) in [6.07, 6.45) is 4.09. The zero-order valence-electron chi connectivity index (χ0n) is 18.8. The van der Waals surface area contributed by atoms with E-state index in [1.165, 1.54) is 9.80 Å². The summed E-state index contributed by atoms with van der Waals surface area (Å²) in [7, 11) is 0. The SMILES string of the molecule is Cl.O=C1c2ccccc2C(=O)N1CCCCCCNOCCCN1C(=O)c2ccccc2C1=O. The van der Waals surface area contributed by atoms with E-state index in [4.69, 9.17) is 4.84 Å². The maximum absolute atomic E-state index is 12.3. The highest BCUT2D eigenvalue weighted by Gasteiger charge is 2.35. The Kier molecular flexibility index (Phi) is 8.92. The minimum Gasteiger partial charge on any atom is -0.302 e. The van der Waals surface area contributed by atoms with E-state index in [9.17, 15) is 19.2 Å². The maximum Gasteiger partial charge on any atom is 0.261 e. The summed E-state index contributed by atoms with van der Waals surface area (Å²) < 4.78 is 0. The van der Waals surface area contributed by atoms with Crippen LogP contribution < -0.4 is 5.48 Å². The number of rotatable bonds is 12. The van der Waals surface area contributed by atoms with Gasteiger partial charge in [0.15, 0.2) is 0 Å². The van der Waals surface area contributed by atoms with Crippen LogP contribution in [0.15, 0.2) is 48.5 Å². The van der Waals surface area contributed by atoms with Crippen molar-refractivity contribution >= 4 is 36.0 Å². The monoisotopic (exact) mass is 485 g/mol. The molecule has 2 aliphatic rings. The summed E-state index contributed by atoms with van der Waals surface area (Å²) in [6, 6.07) is 13.8. The highest BCUT2D eigenvalue weighted by Crippen LogP contribution is 2.23. The number of nitrogens with zero attached hydrogens (tertiary/aromatic N) is 2. The average Bonchev–Trinajstić information content (AvgIpc) is 3.23. The minimum atomic E-state index is -0.246. The molecule has 0 spiro atoms. The molecule has 1 N–H and O–H groups in total. The largest absolute Gasteiger partial charge is 0.302 e. The van der Waals surface area contributed by atoms with Crippen molar-refractivity contribution in [1.29, 1.82) is 0 Å². The van der Waals surface area contributed by atoms with Crippen molar-refractivity contribution in [2.24, 2.45) is 0 Å². The Bertz CT molecular complexity index is 921. The first kappa shape index (κ1) is 25.6. The van der Waals surface area contributed by atoms with Gasteiger partial charge < -0.3 is 4.84 Å². The molecule has 0 radical (unpaired) electrons. The molecule has 0 saturated carbocycles. The second kappa shape index (κ2) is 11.9. The van der Waals surface area contributed by atoms with Crippen LogP contribution in [0.5, 0.6) is 0 Å². The third-order valence-electron chi connectivity index (χ3n) is 5.90. The molecule has 2 heterocycles.